The highest BCUT2D eigenvalue weighted by atomic mass is 16.3. The maximum absolute atomic E-state index is 10.8. The number of aromatic hydroxyl groups is 1. The van der Waals surface area contributed by atoms with Crippen molar-refractivity contribution in [3.63, 3.8) is 0 Å². The highest BCUT2D eigenvalue weighted by molar-refractivity contribution is 5.53. The zero-order valence-corrected chi connectivity index (χ0v) is 19.6. The quantitative estimate of drug-likeness (QED) is 0.444. The molecule has 8 nitrogen and oxygen atoms in total. The molecule has 0 amide bonds. The van der Waals surface area contributed by atoms with E-state index in [4.69, 9.17) is 5.73 Å². The minimum atomic E-state index is 0.108. The van der Waals surface area contributed by atoms with Gasteiger partial charge < -0.3 is 26.2 Å². The largest absolute Gasteiger partial charge is 0.508 e. The molecule has 0 bridgehead atoms. The standard InChI is InChI=1S/C24H38N6O2/c1-4-5-20(8-13-31)27-23-21(17(2)26-24(25)28-23)15-19-7-6-18(14-22(19)32)16-30-11-9-29(3)10-12-30/h6-7,14,20,31-32H,4-5,8-13,15-16H2,1-3H3,(H3,25,26,27,28)/t20-/m0/s1. The zero-order valence-electron chi connectivity index (χ0n) is 19.6. The number of aliphatic hydroxyl groups is 1. The third-order valence-corrected chi connectivity index (χ3v) is 6.21. The first-order chi connectivity index (χ1) is 15.4. The van der Waals surface area contributed by atoms with E-state index < -0.39 is 0 Å². The van der Waals surface area contributed by atoms with Gasteiger partial charge in [0.1, 0.15) is 11.6 Å². The molecule has 3 rings (SSSR count). The fourth-order valence-corrected chi connectivity index (χ4v) is 4.25. The van der Waals surface area contributed by atoms with Crippen LogP contribution in [0.4, 0.5) is 11.8 Å². The van der Waals surface area contributed by atoms with Gasteiger partial charge in [-0.3, -0.25) is 4.90 Å². The van der Waals surface area contributed by atoms with Gasteiger partial charge in [0.2, 0.25) is 5.95 Å². The normalized spacial score (nSPS) is 16.2. The Kier molecular flexibility index (Phi) is 8.67. The first kappa shape index (κ1) is 24.2. The summed E-state index contributed by atoms with van der Waals surface area (Å²) in [5.74, 6) is 1.20. The lowest BCUT2D eigenvalue weighted by molar-refractivity contribution is 0.148. The Balaban J connectivity index is 1.77. The van der Waals surface area contributed by atoms with Crippen LogP contribution < -0.4 is 11.1 Å². The number of rotatable bonds is 10. The maximum Gasteiger partial charge on any atom is 0.222 e. The van der Waals surface area contributed by atoms with Crippen molar-refractivity contribution in [3.05, 3.63) is 40.6 Å². The van der Waals surface area contributed by atoms with Crippen LogP contribution in [0, 0.1) is 6.92 Å². The van der Waals surface area contributed by atoms with Crippen LogP contribution in [-0.2, 0) is 13.0 Å². The van der Waals surface area contributed by atoms with Crippen molar-refractivity contribution >= 4 is 11.8 Å². The van der Waals surface area contributed by atoms with Crippen molar-refractivity contribution in [2.45, 2.75) is 52.1 Å². The molecule has 5 N–H and O–H groups in total. The number of piperazine rings is 1. The van der Waals surface area contributed by atoms with Crippen molar-refractivity contribution in [2.24, 2.45) is 0 Å². The maximum atomic E-state index is 10.8. The predicted molar refractivity (Wildman–Crippen MR) is 129 cm³/mol. The molecular formula is C24H38N6O2. The molecule has 1 aliphatic rings. The van der Waals surface area contributed by atoms with Crippen molar-refractivity contribution in [3.8, 4) is 5.75 Å². The zero-order chi connectivity index (χ0) is 23.1. The number of phenols is 1. The second-order valence-corrected chi connectivity index (χ2v) is 8.86. The summed E-state index contributed by atoms with van der Waals surface area (Å²) in [6.45, 7) is 9.23. The highest BCUT2D eigenvalue weighted by Crippen LogP contribution is 2.28. The van der Waals surface area contributed by atoms with Crippen LogP contribution in [0.15, 0.2) is 18.2 Å². The number of hydrogen-bond acceptors (Lipinski definition) is 8. The van der Waals surface area contributed by atoms with Crippen LogP contribution in [0.3, 0.4) is 0 Å². The van der Waals surface area contributed by atoms with Gasteiger partial charge in [0.25, 0.3) is 0 Å². The van der Waals surface area contributed by atoms with Gasteiger partial charge >= 0.3 is 0 Å². The fourth-order valence-electron chi connectivity index (χ4n) is 4.25. The third kappa shape index (κ3) is 6.54. The predicted octanol–water partition coefficient (Wildman–Crippen LogP) is 2.37. The Labute approximate surface area is 191 Å². The Morgan fingerprint density at radius 3 is 2.56 bits per heavy atom. The van der Waals surface area contributed by atoms with Gasteiger partial charge in [0.05, 0.1) is 0 Å². The van der Waals surface area contributed by atoms with Crippen molar-refractivity contribution in [1.82, 2.24) is 19.8 Å². The molecule has 1 aromatic carbocycles. The van der Waals surface area contributed by atoms with Gasteiger partial charge in [-0.1, -0.05) is 25.5 Å². The Morgan fingerprint density at radius 1 is 1.16 bits per heavy atom. The smallest absolute Gasteiger partial charge is 0.222 e. The average molecular weight is 443 g/mol. The van der Waals surface area contributed by atoms with Crippen molar-refractivity contribution in [1.29, 1.82) is 0 Å². The third-order valence-electron chi connectivity index (χ3n) is 6.21. The molecule has 1 fully saturated rings. The Bertz CT molecular complexity index is 877. The molecule has 176 valence electrons. The van der Waals surface area contributed by atoms with Gasteiger partial charge in [-0.15, -0.1) is 0 Å². The van der Waals surface area contributed by atoms with Gasteiger partial charge in [0, 0.05) is 63.1 Å². The fraction of sp³-hybridized carbons (Fsp3) is 0.583. The van der Waals surface area contributed by atoms with E-state index in [1.165, 1.54) is 0 Å². The number of nitrogens with one attached hydrogen (secondary N) is 1. The van der Waals surface area contributed by atoms with E-state index in [0.717, 1.165) is 67.9 Å². The first-order valence-corrected chi connectivity index (χ1v) is 11.6. The molecule has 0 radical (unpaired) electrons. The molecule has 0 spiro atoms. The Hall–Kier alpha value is -2.42. The monoisotopic (exact) mass is 442 g/mol. The molecule has 1 atom stereocenters. The van der Waals surface area contributed by atoms with Crippen molar-refractivity contribution < 1.29 is 10.2 Å². The van der Waals surface area contributed by atoms with Crippen molar-refractivity contribution in [2.75, 3.05) is 50.9 Å². The summed E-state index contributed by atoms with van der Waals surface area (Å²) in [6.07, 6.45) is 3.08. The number of aliphatic hydroxyl groups excluding tert-OH is 1. The lowest BCUT2D eigenvalue weighted by Crippen LogP contribution is -2.43. The summed E-state index contributed by atoms with van der Waals surface area (Å²) >= 11 is 0. The molecule has 0 aliphatic carbocycles. The Morgan fingerprint density at radius 2 is 1.91 bits per heavy atom. The number of anilines is 2. The second-order valence-electron chi connectivity index (χ2n) is 8.86. The molecule has 8 heteroatoms. The van der Waals surface area contributed by atoms with E-state index in [1.807, 2.05) is 19.1 Å². The lowest BCUT2D eigenvalue weighted by Gasteiger charge is -2.32. The van der Waals surface area contributed by atoms with Crippen LogP contribution in [0.25, 0.3) is 0 Å². The molecule has 0 unspecified atom stereocenters. The van der Waals surface area contributed by atoms with E-state index in [0.29, 0.717) is 24.4 Å². The van der Waals surface area contributed by atoms with Gasteiger partial charge in [-0.25, -0.2) is 4.98 Å². The molecule has 2 heterocycles. The van der Waals surface area contributed by atoms with Gasteiger partial charge in [0.15, 0.2) is 0 Å². The molecule has 1 saturated heterocycles. The summed E-state index contributed by atoms with van der Waals surface area (Å²) in [5, 5.41) is 23.6. The van der Waals surface area contributed by atoms with E-state index >= 15 is 0 Å². The minimum absolute atomic E-state index is 0.108. The average Bonchev–Trinajstić information content (AvgIpc) is 2.74. The number of phenolic OH excluding ortho intramolecular Hbond substituents is 1. The number of likely N-dealkylation sites (N-methyl/N-ethyl adjacent to an activating group) is 1. The summed E-state index contributed by atoms with van der Waals surface area (Å²) in [5.41, 5.74) is 9.58. The van der Waals surface area contributed by atoms with Crippen LogP contribution >= 0.6 is 0 Å². The molecular weight excluding hydrogens is 404 g/mol. The lowest BCUT2D eigenvalue weighted by atomic mass is 10.0. The number of aromatic nitrogens is 2. The highest BCUT2D eigenvalue weighted by Gasteiger charge is 2.18. The molecule has 32 heavy (non-hydrogen) atoms. The summed E-state index contributed by atoms with van der Waals surface area (Å²) in [4.78, 5) is 13.6. The van der Waals surface area contributed by atoms with Crippen LogP contribution in [0.2, 0.25) is 0 Å². The number of hydrogen-bond donors (Lipinski definition) is 4. The number of nitrogen functional groups attached to an aromatic ring is 1. The molecule has 1 aromatic heterocycles. The van der Waals surface area contributed by atoms with Crippen LogP contribution in [0.1, 0.15) is 48.6 Å². The minimum Gasteiger partial charge on any atom is -0.508 e. The SMILES string of the molecule is CCC[C@@H](CCO)Nc1nc(N)nc(C)c1Cc1ccc(CN2CCN(C)CC2)cc1O. The number of nitrogens with two attached hydrogens (primary N) is 1. The number of nitrogens with zero attached hydrogens (tertiary/aromatic N) is 4. The van der Waals surface area contributed by atoms with Gasteiger partial charge in [-0.2, -0.15) is 4.98 Å². The summed E-state index contributed by atoms with van der Waals surface area (Å²) < 4.78 is 0. The summed E-state index contributed by atoms with van der Waals surface area (Å²) in [7, 11) is 2.15. The second kappa shape index (κ2) is 11.4. The van der Waals surface area contributed by atoms with E-state index in [-0.39, 0.29) is 18.6 Å². The number of benzene rings is 1. The molecule has 1 aliphatic heterocycles. The number of aryl methyl sites for hydroxylation is 1. The molecule has 2 aromatic rings. The molecule has 0 saturated carbocycles. The first-order valence-electron chi connectivity index (χ1n) is 11.6. The van der Waals surface area contributed by atoms with Crippen LogP contribution in [-0.4, -0.2) is 75.9 Å². The van der Waals surface area contributed by atoms with E-state index in [1.54, 1.807) is 0 Å². The topological polar surface area (TPSA) is 111 Å². The summed E-state index contributed by atoms with van der Waals surface area (Å²) in [6, 6.07) is 6.08. The van der Waals surface area contributed by atoms with Gasteiger partial charge in [-0.05, 0) is 44.0 Å². The van der Waals surface area contributed by atoms with E-state index in [9.17, 15) is 10.2 Å². The van der Waals surface area contributed by atoms with E-state index in [2.05, 4.69) is 45.1 Å². The van der Waals surface area contributed by atoms with Crippen LogP contribution in [0.5, 0.6) is 5.75 Å².